The SMILES string of the molecule is O=C(C1CCCN1S(=O)(=O)c1ccc(Cl)cc1)N(Cc1cccnc1)c1nc2ccccc2s1. The third kappa shape index (κ3) is 4.44. The minimum Gasteiger partial charge on any atom is -0.282 e. The van der Waals surface area contributed by atoms with Gasteiger partial charge in [-0.15, -0.1) is 0 Å². The third-order valence-corrected chi connectivity index (χ3v) is 8.99. The van der Waals surface area contributed by atoms with Gasteiger partial charge in [0.05, 0.1) is 21.7 Å². The maximum Gasteiger partial charge on any atom is 0.247 e. The van der Waals surface area contributed by atoms with Crippen molar-refractivity contribution < 1.29 is 13.2 Å². The van der Waals surface area contributed by atoms with Crippen molar-refractivity contribution in [1.29, 1.82) is 0 Å². The van der Waals surface area contributed by atoms with Crippen molar-refractivity contribution in [3.63, 3.8) is 0 Å². The number of fused-ring (bicyclic) bond motifs is 1. The number of carbonyl (C=O) groups is 1. The molecular formula is C24H21ClN4O3S2. The number of aromatic nitrogens is 2. The van der Waals surface area contributed by atoms with Gasteiger partial charge in [0.2, 0.25) is 15.9 Å². The van der Waals surface area contributed by atoms with E-state index in [-0.39, 0.29) is 23.9 Å². The third-order valence-electron chi connectivity index (χ3n) is 5.75. The molecule has 3 heterocycles. The summed E-state index contributed by atoms with van der Waals surface area (Å²) < 4.78 is 29.1. The molecule has 7 nitrogen and oxygen atoms in total. The van der Waals surface area contributed by atoms with Crippen molar-refractivity contribution in [3.05, 3.63) is 83.6 Å². The average molecular weight is 513 g/mol. The van der Waals surface area contributed by atoms with Gasteiger partial charge < -0.3 is 0 Å². The van der Waals surface area contributed by atoms with Gasteiger partial charge in [0.15, 0.2) is 5.13 Å². The largest absolute Gasteiger partial charge is 0.282 e. The highest BCUT2D eigenvalue weighted by atomic mass is 35.5. The van der Waals surface area contributed by atoms with Gasteiger partial charge >= 0.3 is 0 Å². The Hall–Kier alpha value is -2.85. The predicted molar refractivity (Wildman–Crippen MR) is 133 cm³/mol. The number of halogens is 1. The van der Waals surface area contributed by atoms with Crippen LogP contribution in [0.4, 0.5) is 5.13 Å². The lowest BCUT2D eigenvalue weighted by Crippen LogP contribution is -2.47. The second-order valence-electron chi connectivity index (χ2n) is 7.98. The Kier molecular flexibility index (Phi) is 6.35. The molecule has 1 amide bonds. The summed E-state index contributed by atoms with van der Waals surface area (Å²) in [5.41, 5.74) is 1.63. The van der Waals surface area contributed by atoms with E-state index in [1.165, 1.54) is 39.9 Å². The molecule has 0 spiro atoms. The fourth-order valence-corrected chi connectivity index (χ4v) is 6.83. The molecule has 174 valence electrons. The molecule has 2 aromatic carbocycles. The van der Waals surface area contributed by atoms with Crippen molar-refractivity contribution in [2.24, 2.45) is 0 Å². The molecule has 1 aliphatic rings. The molecule has 0 radical (unpaired) electrons. The van der Waals surface area contributed by atoms with Gasteiger partial charge in [-0.25, -0.2) is 13.4 Å². The summed E-state index contributed by atoms with van der Waals surface area (Å²) in [5, 5.41) is 0.984. The molecule has 1 fully saturated rings. The summed E-state index contributed by atoms with van der Waals surface area (Å²) >= 11 is 7.35. The number of rotatable bonds is 6. The van der Waals surface area contributed by atoms with E-state index in [9.17, 15) is 13.2 Å². The minimum atomic E-state index is -3.86. The van der Waals surface area contributed by atoms with Crippen LogP contribution in [-0.2, 0) is 21.4 Å². The molecule has 0 bridgehead atoms. The summed E-state index contributed by atoms with van der Waals surface area (Å²) in [6.45, 7) is 0.528. The molecule has 0 N–H and O–H groups in total. The van der Waals surface area contributed by atoms with Crippen LogP contribution in [0.25, 0.3) is 10.2 Å². The van der Waals surface area contributed by atoms with E-state index in [0.29, 0.717) is 23.0 Å². The molecule has 34 heavy (non-hydrogen) atoms. The monoisotopic (exact) mass is 512 g/mol. The topological polar surface area (TPSA) is 83.5 Å². The first-order valence-electron chi connectivity index (χ1n) is 10.8. The molecule has 1 atom stereocenters. The van der Waals surface area contributed by atoms with Crippen LogP contribution in [-0.4, -0.2) is 41.2 Å². The molecule has 10 heteroatoms. The van der Waals surface area contributed by atoms with Gasteiger partial charge in [0.25, 0.3) is 0 Å². The zero-order valence-corrected chi connectivity index (χ0v) is 20.4. The Morgan fingerprint density at radius 1 is 1.12 bits per heavy atom. The number of hydrogen-bond donors (Lipinski definition) is 0. The molecule has 1 unspecified atom stereocenters. The van der Waals surface area contributed by atoms with Crippen LogP contribution in [0.2, 0.25) is 5.02 Å². The van der Waals surface area contributed by atoms with Gasteiger partial charge in [-0.3, -0.25) is 14.7 Å². The first kappa shape index (κ1) is 22.9. The molecule has 1 saturated heterocycles. The standard InChI is InChI=1S/C24H21ClN4O3S2/c25-18-9-11-19(12-10-18)34(31,32)29-14-4-7-21(29)23(30)28(16-17-5-3-13-26-15-17)24-27-20-6-1-2-8-22(20)33-24/h1-3,5-6,8-13,15,21H,4,7,14,16H2. The van der Waals surface area contributed by atoms with Crippen molar-refractivity contribution in [2.45, 2.75) is 30.3 Å². The van der Waals surface area contributed by atoms with Crippen LogP contribution in [0.3, 0.4) is 0 Å². The molecule has 0 aliphatic carbocycles. The highest BCUT2D eigenvalue weighted by molar-refractivity contribution is 7.89. The quantitative estimate of drug-likeness (QED) is 0.373. The number of benzene rings is 2. The molecule has 4 aromatic rings. The molecule has 1 aliphatic heterocycles. The van der Waals surface area contributed by atoms with Crippen LogP contribution in [0, 0.1) is 0 Å². The van der Waals surface area contributed by atoms with E-state index in [4.69, 9.17) is 11.6 Å². The molecule has 5 rings (SSSR count). The van der Waals surface area contributed by atoms with Crippen LogP contribution < -0.4 is 4.90 Å². The van der Waals surface area contributed by atoms with Gasteiger partial charge in [0, 0.05) is 24.0 Å². The highest BCUT2D eigenvalue weighted by Crippen LogP contribution is 2.33. The van der Waals surface area contributed by atoms with Crippen molar-refractivity contribution >= 4 is 54.2 Å². The number of hydrogen-bond acceptors (Lipinski definition) is 6. The number of amides is 1. The van der Waals surface area contributed by atoms with E-state index >= 15 is 0 Å². The predicted octanol–water partition coefficient (Wildman–Crippen LogP) is 4.73. The fourth-order valence-electron chi connectivity index (χ4n) is 4.09. The first-order valence-corrected chi connectivity index (χ1v) is 13.4. The van der Waals surface area contributed by atoms with Crippen molar-refractivity contribution in [3.8, 4) is 0 Å². The summed E-state index contributed by atoms with van der Waals surface area (Å²) in [4.78, 5) is 24.5. The summed E-state index contributed by atoms with van der Waals surface area (Å²) in [7, 11) is -3.86. The van der Waals surface area contributed by atoms with E-state index in [0.717, 1.165) is 15.8 Å². The van der Waals surface area contributed by atoms with Crippen LogP contribution in [0.1, 0.15) is 18.4 Å². The lowest BCUT2D eigenvalue weighted by atomic mass is 10.2. The summed E-state index contributed by atoms with van der Waals surface area (Å²) in [6, 6.07) is 16.6. The second kappa shape index (κ2) is 9.42. The Morgan fingerprint density at radius 3 is 2.65 bits per heavy atom. The highest BCUT2D eigenvalue weighted by Gasteiger charge is 2.42. The van der Waals surface area contributed by atoms with Crippen LogP contribution >= 0.6 is 22.9 Å². The van der Waals surface area contributed by atoms with Crippen LogP contribution in [0.15, 0.2) is 78.0 Å². The fraction of sp³-hybridized carbons (Fsp3) is 0.208. The second-order valence-corrected chi connectivity index (χ2v) is 11.3. The normalized spacial score (nSPS) is 16.7. The number of para-hydroxylation sites is 1. The van der Waals surface area contributed by atoms with Gasteiger partial charge in [0.1, 0.15) is 6.04 Å². The zero-order chi connectivity index (χ0) is 23.7. The summed E-state index contributed by atoms with van der Waals surface area (Å²) in [6.07, 6.45) is 4.42. The van der Waals surface area contributed by atoms with Gasteiger partial charge in [-0.2, -0.15) is 4.31 Å². The number of anilines is 1. The Balaban J connectivity index is 1.51. The molecule has 2 aromatic heterocycles. The lowest BCUT2D eigenvalue weighted by Gasteiger charge is -2.28. The Morgan fingerprint density at radius 2 is 1.91 bits per heavy atom. The maximum atomic E-state index is 13.9. The number of thiazole rings is 1. The average Bonchev–Trinajstić information content (AvgIpc) is 3.51. The van der Waals surface area contributed by atoms with Crippen molar-refractivity contribution in [1.82, 2.24) is 14.3 Å². The van der Waals surface area contributed by atoms with E-state index in [1.54, 1.807) is 17.3 Å². The lowest BCUT2D eigenvalue weighted by molar-refractivity contribution is -0.121. The number of carbonyl (C=O) groups excluding carboxylic acids is 1. The minimum absolute atomic E-state index is 0.121. The number of pyridine rings is 1. The van der Waals surface area contributed by atoms with E-state index < -0.39 is 16.1 Å². The van der Waals surface area contributed by atoms with Crippen LogP contribution in [0.5, 0.6) is 0 Å². The Labute approximate surface area is 206 Å². The zero-order valence-electron chi connectivity index (χ0n) is 18.0. The van der Waals surface area contributed by atoms with Crippen molar-refractivity contribution in [2.75, 3.05) is 11.4 Å². The smallest absolute Gasteiger partial charge is 0.247 e. The Bertz CT molecular complexity index is 1390. The molecular weight excluding hydrogens is 492 g/mol. The summed E-state index contributed by atoms with van der Waals surface area (Å²) in [5.74, 6) is -0.294. The molecule has 0 saturated carbocycles. The van der Waals surface area contributed by atoms with E-state index in [2.05, 4.69) is 9.97 Å². The number of sulfonamides is 1. The van der Waals surface area contributed by atoms with E-state index in [1.807, 2.05) is 36.4 Å². The van der Waals surface area contributed by atoms with Gasteiger partial charge in [-0.05, 0) is 60.9 Å². The maximum absolute atomic E-state index is 13.9. The van der Waals surface area contributed by atoms with Gasteiger partial charge in [-0.1, -0.05) is 41.1 Å². The first-order chi connectivity index (χ1) is 16.4. The number of nitrogens with zero attached hydrogens (tertiary/aromatic N) is 4.